The smallest absolute Gasteiger partial charge is 0.337 e. The molecule has 1 fully saturated rings. The topological polar surface area (TPSA) is 68.5 Å². The molecule has 0 aliphatic carbocycles. The highest BCUT2D eigenvalue weighted by Crippen LogP contribution is 2.12. The predicted octanol–water partition coefficient (Wildman–Crippen LogP) is 0.913. The van der Waals surface area contributed by atoms with Crippen LogP contribution in [-0.2, 0) is 11.3 Å². The quantitative estimate of drug-likeness (QED) is 0.637. The number of esters is 1. The molecule has 0 bridgehead atoms. The Balaban J connectivity index is 2.03. The number of H-pyrrole nitrogens is 1. The van der Waals surface area contributed by atoms with Gasteiger partial charge in [0.1, 0.15) is 6.04 Å². The zero-order valence-electron chi connectivity index (χ0n) is 13.9. The maximum absolute atomic E-state index is 12.8. The average molecular weight is 348 g/mol. The molecule has 0 radical (unpaired) electrons. The molecule has 24 heavy (non-hydrogen) atoms. The van der Waals surface area contributed by atoms with Crippen molar-refractivity contribution >= 4 is 29.1 Å². The molecule has 2 aromatic rings. The lowest BCUT2D eigenvalue weighted by molar-refractivity contribution is -0.911. The van der Waals surface area contributed by atoms with Gasteiger partial charge >= 0.3 is 5.97 Å². The SMILES string of the molecule is CC[NH+]1CCCC1Cn1c(=S)[nH]c2cc(C(=O)OC)ccc2c1=O. The minimum Gasteiger partial charge on any atom is -0.465 e. The molecule has 2 atom stereocenters. The van der Waals surface area contributed by atoms with Crippen molar-refractivity contribution < 1.29 is 14.4 Å². The number of hydrogen-bond acceptors (Lipinski definition) is 4. The molecule has 3 rings (SSSR count). The number of likely N-dealkylation sites (N-methyl/N-ethyl adjacent to an activating group) is 1. The van der Waals surface area contributed by atoms with Crippen LogP contribution in [0.25, 0.3) is 10.9 Å². The minimum atomic E-state index is -0.437. The monoisotopic (exact) mass is 348 g/mol. The summed E-state index contributed by atoms with van der Waals surface area (Å²) in [7, 11) is 1.33. The molecule has 7 heteroatoms. The molecular weight excluding hydrogens is 326 g/mol. The van der Waals surface area contributed by atoms with Gasteiger partial charge in [-0.15, -0.1) is 0 Å². The molecule has 2 N–H and O–H groups in total. The number of benzene rings is 1. The Morgan fingerprint density at radius 3 is 3.00 bits per heavy atom. The largest absolute Gasteiger partial charge is 0.465 e. The Morgan fingerprint density at radius 2 is 2.29 bits per heavy atom. The summed E-state index contributed by atoms with van der Waals surface area (Å²) in [5, 5.41) is 0.535. The van der Waals surface area contributed by atoms with Gasteiger partial charge in [0.15, 0.2) is 4.77 Å². The van der Waals surface area contributed by atoms with E-state index in [0.29, 0.717) is 33.8 Å². The molecule has 1 aliphatic rings. The summed E-state index contributed by atoms with van der Waals surface area (Å²) < 4.78 is 6.77. The molecular formula is C17H22N3O3S+. The predicted molar refractivity (Wildman–Crippen MR) is 94.1 cm³/mol. The van der Waals surface area contributed by atoms with Crippen LogP contribution in [0.1, 0.15) is 30.1 Å². The number of nitrogens with zero attached hydrogens (tertiary/aromatic N) is 1. The van der Waals surface area contributed by atoms with Crippen LogP contribution >= 0.6 is 12.2 Å². The summed E-state index contributed by atoms with van der Waals surface area (Å²) in [6, 6.07) is 5.30. The van der Waals surface area contributed by atoms with Gasteiger partial charge in [0.05, 0.1) is 43.2 Å². The maximum atomic E-state index is 12.8. The van der Waals surface area contributed by atoms with E-state index >= 15 is 0 Å². The van der Waals surface area contributed by atoms with Crippen molar-refractivity contribution in [2.24, 2.45) is 0 Å². The summed E-state index contributed by atoms with van der Waals surface area (Å²) in [5.41, 5.74) is 0.855. The zero-order chi connectivity index (χ0) is 17.3. The number of carbonyl (C=O) groups is 1. The second-order valence-corrected chi connectivity index (χ2v) is 6.59. The van der Waals surface area contributed by atoms with Gasteiger partial charge in [-0.25, -0.2) is 4.79 Å². The molecule has 0 saturated carbocycles. The third kappa shape index (κ3) is 3.01. The Bertz CT molecular complexity index is 887. The van der Waals surface area contributed by atoms with Crippen molar-refractivity contribution in [3.8, 4) is 0 Å². The van der Waals surface area contributed by atoms with Gasteiger partial charge in [-0.1, -0.05) is 0 Å². The third-order valence-corrected chi connectivity index (χ3v) is 5.21. The Hall–Kier alpha value is -1.99. The average Bonchev–Trinajstić information content (AvgIpc) is 3.04. The van der Waals surface area contributed by atoms with E-state index in [1.807, 2.05) is 0 Å². The van der Waals surface area contributed by atoms with Crippen molar-refractivity contribution in [1.29, 1.82) is 0 Å². The molecule has 1 aromatic carbocycles. The van der Waals surface area contributed by atoms with Crippen LogP contribution < -0.4 is 10.5 Å². The molecule has 6 nitrogen and oxygen atoms in total. The van der Waals surface area contributed by atoms with E-state index in [4.69, 9.17) is 17.0 Å². The number of fused-ring (bicyclic) bond motifs is 1. The Morgan fingerprint density at radius 1 is 1.50 bits per heavy atom. The fourth-order valence-corrected chi connectivity index (χ4v) is 3.82. The lowest BCUT2D eigenvalue weighted by Crippen LogP contribution is -3.13. The van der Waals surface area contributed by atoms with E-state index in [2.05, 4.69) is 11.9 Å². The number of rotatable bonds is 4. The van der Waals surface area contributed by atoms with E-state index in [0.717, 1.165) is 19.5 Å². The van der Waals surface area contributed by atoms with Gasteiger partial charge in [-0.3, -0.25) is 9.36 Å². The second kappa shape index (κ2) is 6.86. The first kappa shape index (κ1) is 16.9. The molecule has 0 amide bonds. The summed E-state index contributed by atoms with van der Waals surface area (Å²) in [6.45, 7) is 5.02. The third-order valence-electron chi connectivity index (χ3n) is 4.89. The van der Waals surface area contributed by atoms with E-state index in [9.17, 15) is 9.59 Å². The van der Waals surface area contributed by atoms with E-state index in [1.165, 1.54) is 18.4 Å². The molecule has 1 aromatic heterocycles. The number of aromatic nitrogens is 2. The van der Waals surface area contributed by atoms with Crippen LogP contribution in [0, 0.1) is 4.77 Å². The van der Waals surface area contributed by atoms with Crippen LogP contribution in [0.5, 0.6) is 0 Å². The number of hydrogen-bond donors (Lipinski definition) is 2. The highest BCUT2D eigenvalue weighted by Gasteiger charge is 2.28. The molecule has 1 aliphatic heterocycles. The van der Waals surface area contributed by atoms with Gasteiger partial charge in [0.25, 0.3) is 5.56 Å². The summed E-state index contributed by atoms with van der Waals surface area (Å²) in [5.74, 6) is -0.437. The highest BCUT2D eigenvalue weighted by molar-refractivity contribution is 7.71. The maximum Gasteiger partial charge on any atom is 0.337 e. The van der Waals surface area contributed by atoms with Crippen molar-refractivity contribution in [1.82, 2.24) is 9.55 Å². The van der Waals surface area contributed by atoms with Crippen molar-refractivity contribution in [3.63, 3.8) is 0 Å². The number of nitrogens with one attached hydrogen (secondary N) is 2. The van der Waals surface area contributed by atoms with Crippen molar-refractivity contribution in [3.05, 3.63) is 38.9 Å². The van der Waals surface area contributed by atoms with E-state index in [-0.39, 0.29) is 5.56 Å². The lowest BCUT2D eigenvalue weighted by Gasteiger charge is -2.20. The van der Waals surface area contributed by atoms with Gasteiger partial charge in [-0.05, 0) is 37.3 Å². The second-order valence-electron chi connectivity index (χ2n) is 6.20. The summed E-state index contributed by atoms with van der Waals surface area (Å²) in [4.78, 5) is 29.1. The number of aromatic amines is 1. The molecule has 2 heterocycles. The Kier molecular flexibility index (Phi) is 4.82. The van der Waals surface area contributed by atoms with Crippen molar-refractivity contribution in [2.75, 3.05) is 20.2 Å². The molecule has 128 valence electrons. The minimum absolute atomic E-state index is 0.104. The van der Waals surface area contributed by atoms with E-state index in [1.54, 1.807) is 22.8 Å². The van der Waals surface area contributed by atoms with E-state index < -0.39 is 5.97 Å². The van der Waals surface area contributed by atoms with Gasteiger partial charge < -0.3 is 14.6 Å². The van der Waals surface area contributed by atoms with Crippen LogP contribution in [0.3, 0.4) is 0 Å². The molecule has 0 spiro atoms. The lowest BCUT2D eigenvalue weighted by atomic mass is 10.1. The number of quaternary nitrogens is 1. The van der Waals surface area contributed by atoms with Gasteiger partial charge in [0.2, 0.25) is 0 Å². The highest BCUT2D eigenvalue weighted by atomic mass is 32.1. The van der Waals surface area contributed by atoms with Crippen molar-refractivity contribution in [2.45, 2.75) is 32.4 Å². The summed E-state index contributed by atoms with van der Waals surface area (Å²) in [6.07, 6.45) is 2.30. The Labute approximate surface area is 145 Å². The van der Waals surface area contributed by atoms with Gasteiger partial charge in [0, 0.05) is 12.8 Å². The number of carbonyl (C=O) groups excluding carboxylic acids is 1. The van der Waals surface area contributed by atoms with Crippen LogP contribution in [0.2, 0.25) is 0 Å². The van der Waals surface area contributed by atoms with Crippen LogP contribution in [0.4, 0.5) is 0 Å². The molecule has 1 saturated heterocycles. The fourth-order valence-electron chi connectivity index (χ4n) is 3.56. The van der Waals surface area contributed by atoms with Gasteiger partial charge in [-0.2, -0.15) is 0 Å². The number of ether oxygens (including phenoxy) is 1. The zero-order valence-corrected chi connectivity index (χ0v) is 14.7. The number of likely N-dealkylation sites (tertiary alicyclic amines) is 1. The molecule has 2 unspecified atom stereocenters. The first-order valence-corrected chi connectivity index (χ1v) is 8.65. The first-order chi connectivity index (χ1) is 11.5. The van der Waals surface area contributed by atoms with Crippen LogP contribution in [-0.4, -0.2) is 41.8 Å². The standard InChI is InChI=1S/C17H21N3O3S/c1-3-19-8-4-5-12(19)10-20-15(21)13-7-6-11(16(22)23-2)9-14(13)18-17(20)24/h6-7,9,12H,3-5,8,10H2,1-2H3,(H,18,24)/p+1. The first-order valence-electron chi connectivity index (χ1n) is 8.25. The normalized spacial score (nSPS) is 20.4. The number of methoxy groups -OCH3 is 1. The van der Waals surface area contributed by atoms with Crippen LogP contribution in [0.15, 0.2) is 23.0 Å². The summed E-state index contributed by atoms with van der Waals surface area (Å²) >= 11 is 5.40. The fraction of sp³-hybridized carbons (Fsp3) is 0.471.